The van der Waals surface area contributed by atoms with Crippen LogP contribution in [0.2, 0.25) is 0 Å². The van der Waals surface area contributed by atoms with Crippen molar-refractivity contribution in [1.82, 2.24) is 10.7 Å². The summed E-state index contributed by atoms with van der Waals surface area (Å²) in [6, 6.07) is 10.7. The third-order valence-electron chi connectivity index (χ3n) is 4.51. The Kier molecular flexibility index (Phi) is 8.01. The normalized spacial score (nSPS) is 11.2. The van der Waals surface area contributed by atoms with E-state index in [0.29, 0.717) is 28.4 Å². The molecule has 0 saturated carbocycles. The third kappa shape index (κ3) is 6.47. The molecule has 2 amide bonds. The summed E-state index contributed by atoms with van der Waals surface area (Å²) in [5.74, 6) is 0.621. The topological polar surface area (TPSA) is 98.2 Å². The fraction of sp³-hybridized carbons (Fsp3) is 0.348. The molecule has 0 bridgehead atoms. The summed E-state index contributed by atoms with van der Waals surface area (Å²) in [6.07, 6.45) is 1.44. The van der Waals surface area contributed by atoms with Gasteiger partial charge in [-0.2, -0.15) is 5.10 Å². The minimum absolute atomic E-state index is 0.00478. The van der Waals surface area contributed by atoms with Gasteiger partial charge in [0.25, 0.3) is 11.8 Å². The van der Waals surface area contributed by atoms with Crippen LogP contribution in [0.25, 0.3) is 0 Å². The van der Waals surface area contributed by atoms with Gasteiger partial charge in [-0.05, 0) is 35.2 Å². The van der Waals surface area contributed by atoms with Gasteiger partial charge in [0.2, 0.25) is 5.75 Å². The maximum Gasteiger partial charge on any atom is 0.259 e. The first-order valence-corrected chi connectivity index (χ1v) is 9.70. The second kappa shape index (κ2) is 10.5. The van der Waals surface area contributed by atoms with Crippen molar-refractivity contribution in [2.45, 2.75) is 26.2 Å². The predicted molar refractivity (Wildman–Crippen MR) is 119 cm³/mol. The molecule has 0 aliphatic rings. The zero-order chi connectivity index (χ0) is 23.0. The molecular formula is C23H29N3O5. The number of hydrogen-bond acceptors (Lipinski definition) is 6. The van der Waals surface area contributed by atoms with E-state index in [1.807, 2.05) is 12.1 Å². The second-order valence-corrected chi connectivity index (χ2v) is 7.76. The van der Waals surface area contributed by atoms with Crippen molar-refractivity contribution >= 4 is 18.0 Å². The highest BCUT2D eigenvalue weighted by Gasteiger charge is 2.15. The summed E-state index contributed by atoms with van der Waals surface area (Å²) in [5.41, 5.74) is 4.63. The Bertz CT molecular complexity index is 922. The van der Waals surface area contributed by atoms with Crippen molar-refractivity contribution in [3.63, 3.8) is 0 Å². The third-order valence-corrected chi connectivity index (χ3v) is 4.51. The van der Waals surface area contributed by atoms with Gasteiger partial charge < -0.3 is 19.5 Å². The molecule has 8 nitrogen and oxygen atoms in total. The van der Waals surface area contributed by atoms with E-state index in [4.69, 9.17) is 14.2 Å². The van der Waals surface area contributed by atoms with Crippen molar-refractivity contribution in [3.8, 4) is 17.2 Å². The van der Waals surface area contributed by atoms with Crippen LogP contribution in [0, 0.1) is 0 Å². The van der Waals surface area contributed by atoms with Crippen molar-refractivity contribution < 1.29 is 23.8 Å². The van der Waals surface area contributed by atoms with Crippen molar-refractivity contribution in [1.29, 1.82) is 0 Å². The van der Waals surface area contributed by atoms with Crippen molar-refractivity contribution in [2.24, 2.45) is 5.10 Å². The highest BCUT2D eigenvalue weighted by Crippen LogP contribution is 2.37. The Morgan fingerprint density at radius 2 is 1.55 bits per heavy atom. The molecule has 2 aromatic rings. The van der Waals surface area contributed by atoms with E-state index < -0.39 is 5.91 Å². The molecule has 31 heavy (non-hydrogen) atoms. The number of carbonyl (C=O) groups excluding carboxylic acids is 2. The fourth-order valence-electron chi connectivity index (χ4n) is 2.78. The Morgan fingerprint density at radius 3 is 2.03 bits per heavy atom. The standard InChI is InChI=1S/C23H29N3O5/c1-23(2,3)17-9-7-16(8-10-17)22(28)24-14-20(27)26-25-13-15-11-18(29-4)21(31-6)19(12-15)30-5/h7-13H,14H2,1-6H3,(H,24,28)(H,26,27). The van der Waals surface area contributed by atoms with Gasteiger partial charge in [0.1, 0.15) is 0 Å². The van der Waals surface area contributed by atoms with Gasteiger partial charge in [-0.15, -0.1) is 0 Å². The number of ether oxygens (including phenoxy) is 3. The SMILES string of the molecule is COc1cc(C=NNC(=O)CNC(=O)c2ccc(C(C)(C)C)cc2)cc(OC)c1OC. The second-order valence-electron chi connectivity index (χ2n) is 7.76. The first-order valence-electron chi connectivity index (χ1n) is 9.70. The Hall–Kier alpha value is -3.55. The quantitative estimate of drug-likeness (QED) is 0.499. The number of hydrogen-bond donors (Lipinski definition) is 2. The summed E-state index contributed by atoms with van der Waals surface area (Å²) < 4.78 is 15.8. The highest BCUT2D eigenvalue weighted by molar-refractivity contribution is 5.96. The Balaban J connectivity index is 1.92. The van der Waals surface area contributed by atoms with Crippen LogP contribution in [0.3, 0.4) is 0 Å². The minimum Gasteiger partial charge on any atom is -0.493 e. The Morgan fingerprint density at radius 1 is 0.968 bits per heavy atom. The largest absolute Gasteiger partial charge is 0.493 e. The summed E-state index contributed by atoms with van der Waals surface area (Å²) in [4.78, 5) is 24.2. The molecule has 0 aliphatic carbocycles. The zero-order valence-electron chi connectivity index (χ0n) is 18.7. The van der Waals surface area contributed by atoms with Crippen molar-refractivity contribution in [3.05, 3.63) is 53.1 Å². The number of methoxy groups -OCH3 is 3. The number of benzene rings is 2. The van der Waals surface area contributed by atoms with Gasteiger partial charge in [0.05, 0.1) is 34.1 Å². The summed E-state index contributed by atoms with van der Waals surface area (Å²) in [5, 5.41) is 6.49. The van der Waals surface area contributed by atoms with Crippen LogP contribution in [-0.2, 0) is 10.2 Å². The lowest BCUT2D eigenvalue weighted by atomic mass is 9.87. The van der Waals surface area contributed by atoms with E-state index in [2.05, 4.69) is 36.6 Å². The molecule has 0 heterocycles. The van der Waals surface area contributed by atoms with E-state index in [1.165, 1.54) is 27.5 Å². The lowest BCUT2D eigenvalue weighted by Gasteiger charge is -2.19. The molecule has 2 N–H and O–H groups in total. The molecule has 2 aromatic carbocycles. The van der Waals surface area contributed by atoms with Crippen LogP contribution < -0.4 is 25.0 Å². The first-order chi connectivity index (χ1) is 14.7. The average Bonchev–Trinajstić information content (AvgIpc) is 2.76. The molecule has 0 saturated heterocycles. The molecule has 0 fully saturated rings. The first kappa shape index (κ1) is 23.7. The average molecular weight is 428 g/mol. The number of nitrogens with one attached hydrogen (secondary N) is 2. The molecule has 0 aromatic heterocycles. The van der Waals surface area contributed by atoms with Gasteiger partial charge in [-0.25, -0.2) is 5.43 Å². The fourth-order valence-corrected chi connectivity index (χ4v) is 2.78. The van der Waals surface area contributed by atoms with Gasteiger partial charge >= 0.3 is 0 Å². The molecule has 0 spiro atoms. The van der Waals surface area contributed by atoms with Crippen molar-refractivity contribution in [2.75, 3.05) is 27.9 Å². The monoisotopic (exact) mass is 427 g/mol. The van der Waals surface area contributed by atoms with E-state index in [0.717, 1.165) is 5.56 Å². The molecule has 0 radical (unpaired) electrons. The van der Waals surface area contributed by atoms with Gasteiger partial charge in [0.15, 0.2) is 11.5 Å². The molecule has 0 aliphatic heterocycles. The van der Waals surface area contributed by atoms with Gasteiger partial charge in [0, 0.05) is 11.1 Å². The maximum absolute atomic E-state index is 12.2. The lowest BCUT2D eigenvalue weighted by Crippen LogP contribution is -2.34. The Labute approximate surface area is 182 Å². The number of nitrogens with zero attached hydrogens (tertiary/aromatic N) is 1. The van der Waals surface area contributed by atoms with E-state index in [1.54, 1.807) is 24.3 Å². The lowest BCUT2D eigenvalue weighted by molar-refractivity contribution is -0.120. The number of rotatable bonds is 8. The maximum atomic E-state index is 12.2. The number of carbonyl (C=O) groups is 2. The number of hydrazone groups is 1. The highest BCUT2D eigenvalue weighted by atomic mass is 16.5. The summed E-state index contributed by atoms with van der Waals surface area (Å²) in [6.45, 7) is 6.10. The van der Waals surface area contributed by atoms with Crippen LogP contribution in [0.15, 0.2) is 41.5 Å². The smallest absolute Gasteiger partial charge is 0.259 e. The molecule has 0 unspecified atom stereocenters. The van der Waals surface area contributed by atoms with Crippen LogP contribution in [0.4, 0.5) is 0 Å². The van der Waals surface area contributed by atoms with Crippen LogP contribution >= 0.6 is 0 Å². The van der Waals surface area contributed by atoms with E-state index >= 15 is 0 Å². The minimum atomic E-state index is -0.455. The summed E-state index contributed by atoms with van der Waals surface area (Å²) in [7, 11) is 4.54. The molecular weight excluding hydrogens is 398 g/mol. The zero-order valence-corrected chi connectivity index (χ0v) is 18.7. The van der Waals surface area contributed by atoms with Crippen LogP contribution in [0.5, 0.6) is 17.2 Å². The van der Waals surface area contributed by atoms with Crippen LogP contribution in [0.1, 0.15) is 42.3 Å². The molecule has 0 atom stereocenters. The van der Waals surface area contributed by atoms with Gasteiger partial charge in [-0.3, -0.25) is 9.59 Å². The molecule has 8 heteroatoms. The van der Waals surface area contributed by atoms with E-state index in [-0.39, 0.29) is 17.9 Å². The summed E-state index contributed by atoms with van der Waals surface area (Å²) >= 11 is 0. The molecule has 2 rings (SSSR count). The molecule has 166 valence electrons. The van der Waals surface area contributed by atoms with E-state index in [9.17, 15) is 9.59 Å². The number of amides is 2. The predicted octanol–water partition coefficient (Wildman–Crippen LogP) is 2.89. The van der Waals surface area contributed by atoms with Crippen LogP contribution in [-0.4, -0.2) is 45.9 Å². The van der Waals surface area contributed by atoms with Gasteiger partial charge in [-0.1, -0.05) is 32.9 Å².